The number of aromatic nitrogens is 2. The number of nitrogens with two attached hydrogens (primary N) is 2. The van der Waals surface area contributed by atoms with Gasteiger partial charge in [0.1, 0.15) is 11.6 Å². The molecular formula is C13H20N6O3. The second kappa shape index (κ2) is 6.92. The van der Waals surface area contributed by atoms with Crippen molar-refractivity contribution in [2.24, 2.45) is 11.7 Å². The predicted octanol–water partition coefficient (Wildman–Crippen LogP) is -0.354. The lowest BCUT2D eigenvalue weighted by molar-refractivity contribution is -0.123. The Morgan fingerprint density at radius 3 is 2.64 bits per heavy atom. The van der Waals surface area contributed by atoms with Crippen LogP contribution in [0.1, 0.15) is 19.3 Å². The molecule has 0 bridgehead atoms. The van der Waals surface area contributed by atoms with E-state index in [-0.39, 0.29) is 24.2 Å². The summed E-state index contributed by atoms with van der Waals surface area (Å²) in [6, 6.07) is 2.40. The molecule has 2 heterocycles. The van der Waals surface area contributed by atoms with Crippen molar-refractivity contribution in [2.75, 3.05) is 29.0 Å². The number of hydrogen-bond donors (Lipinski definition) is 4. The number of primary amides is 1. The molecule has 1 amide bonds. The molecular weight excluding hydrogens is 288 g/mol. The van der Waals surface area contributed by atoms with Gasteiger partial charge >= 0.3 is 0 Å². The maximum Gasteiger partial charge on any atom is 0.290 e. The van der Waals surface area contributed by atoms with Crippen LogP contribution >= 0.6 is 0 Å². The molecule has 1 saturated carbocycles. The lowest BCUT2D eigenvalue weighted by Gasteiger charge is -2.18. The second-order valence-corrected chi connectivity index (χ2v) is 5.33. The van der Waals surface area contributed by atoms with E-state index in [1.807, 2.05) is 11.0 Å². The monoisotopic (exact) mass is 308 g/mol. The van der Waals surface area contributed by atoms with Gasteiger partial charge in [0, 0.05) is 25.2 Å². The Morgan fingerprint density at radius 2 is 2.09 bits per heavy atom. The van der Waals surface area contributed by atoms with E-state index in [1.165, 1.54) is 12.8 Å². The molecule has 1 aromatic heterocycles. The summed E-state index contributed by atoms with van der Waals surface area (Å²) in [4.78, 5) is 30.0. The highest BCUT2D eigenvalue weighted by atomic mass is 16.3. The molecule has 3 rings (SSSR count). The number of anilines is 3. The average molecular weight is 308 g/mol. The summed E-state index contributed by atoms with van der Waals surface area (Å²) in [5.41, 5.74) is 11.1. The van der Waals surface area contributed by atoms with Crippen LogP contribution in [0.5, 0.6) is 0 Å². The molecule has 9 nitrogen and oxygen atoms in total. The van der Waals surface area contributed by atoms with Gasteiger partial charge in [0.2, 0.25) is 11.9 Å². The van der Waals surface area contributed by atoms with E-state index < -0.39 is 0 Å². The van der Waals surface area contributed by atoms with Gasteiger partial charge in [-0.15, -0.1) is 0 Å². The molecule has 0 radical (unpaired) electrons. The van der Waals surface area contributed by atoms with Crippen LogP contribution in [0.25, 0.3) is 0 Å². The smallest absolute Gasteiger partial charge is 0.290 e. The molecule has 9 heteroatoms. The van der Waals surface area contributed by atoms with E-state index in [1.54, 1.807) is 0 Å². The van der Waals surface area contributed by atoms with Gasteiger partial charge in [0.05, 0.1) is 5.92 Å². The van der Waals surface area contributed by atoms with Crippen molar-refractivity contribution in [3.63, 3.8) is 0 Å². The van der Waals surface area contributed by atoms with Crippen LogP contribution in [0.15, 0.2) is 6.07 Å². The van der Waals surface area contributed by atoms with E-state index in [4.69, 9.17) is 21.4 Å². The van der Waals surface area contributed by atoms with Gasteiger partial charge in [0.15, 0.2) is 0 Å². The molecule has 1 aromatic rings. The Hall–Kier alpha value is -2.58. The Labute approximate surface area is 127 Å². The molecule has 0 aromatic carbocycles. The van der Waals surface area contributed by atoms with Gasteiger partial charge < -0.3 is 26.8 Å². The van der Waals surface area contributed by atoms with E-state index in [0.29, 0.717) is 12.6 Å². The maximum atomic E-state index is 11.2. The zero-order valence-electron chi connectivity index (χ0n) is 12.1. The van der Waals surface area contributed by atoms with Crippen LogP contribution in [0, 0.1) is 5.92 Å². The van der Waals surface area contributed by atoms with Crippen molar-refractivity contribution in [1.82, 2.24) is 9.97 Å². The average Bonchev–Trinajstić information content (AvgIpc) is 3.11. The highest BCUT2D eigenvalue weighted by Gasteiger charge is 2.28. The normalized spacial score (nSPS) is 20.0. The van der Waals surface area contributed by atoms with Crippen LogP contribution in [0.4, 0.5) is 17.6 Å². The molecule has 1 aliphatic heterocycles. The molecule has 22 heavy (non-hydrogen) atoms. The van der Waals surface area contributed by atoms with Crippen molar-refractivity contribution in [2.45, 2.75) is 25.3 Å². The summed E-state index contributed by atoms with van der Waals surface area (Å²) in [5, 5.41) is 10.2. The third-order valence-corrected chi connectivity index (χ3v) is 3.57. The molecule has 1 atom stereocenters. The first kappa shape index (κ1) is 15.8. The van der Waals surface area contributed by atoms with Crippen LogP contribution in [-0.4, -0.2) is 46.6 Å². The predicted molar refractivity (Wildman–Crippen MR) is 81.3 cm³/mol. The Kier molecular flexibility index (Phi) is 4.97. The molecule has 2 fully saturated rings. The van der Waals surface area contributed by atoms with Gasteiger partial charge in [0.25, 0.3) is 6.47 Å². The highest BCUT2D eigenvalue weighted by Crippen LogP contribution is 2.27. The molecule has 1 unspecified atom stereocenters. The first-order valence-electron chi connectivity index (χ1n) is 7.06. The fourth-order valence-corrected chi connectivity index (χ4v) is 2.33. The number of rotatable bonds is 4. The maximum absolute atomic E-state index is 11.2. The van der Waals surface area contributed by atoms with Gasteiger partial charge in [-0.05, 0) is 19.3 Å². The summed E-state index contributed by atoms with van der Waals surface area (Å²) >= 11 is 0. The van der Waals surface area contributed by atoms with E-state index in [9.17, 15) is 4.79 Å². The molecule has 6 N–H and O–H groups in total. The number of nitrogen functional groups attached to an aromatic ring is 1. The Balaban J connectivity index is 0.000000545. The summed E-state index contributed by atoms with van der Waals surface area (Å²) in [6.07, 6.45) is 3.12. The third kappa shape index (κ3) is 4.21. The minimum atomic E-state index is -0.250. The highest BCUT2D eigenvalue weighted by molar-refractivity contribution is 5.78. The second-order valence-electron chi connectivity index (χ2n) is 5.33. The first-order chi connectivity index (χ1) is 10.5. The standard InChI is InChI=1S/C12H18N6O.CH2O2/c13-11(19)7-3-4-18(6-7)10-5-9(15-8-1-2-8)16-12(14)17-10;2-1-3/h5,7-8H,1-4,6H2,(H2,13,19)(H3,14,15,16,17);1H,(H,2,3). The summed E-state index contributed by atoms with van der Waals surface area (Å²) in [6.45, 7) is 1.13. The zero-order chi connectivity index (χ0) is 16.1. The largest absolute Gasteiger partial charge is 0.483 e. The molecule has 1 saturated heterocycles. The van der Waals surface area contributed by atoms with E-state index in [0.717, 1.165) is 24.6 Å². The van der Waals surface area contributed by atoms with Crippen molar-refractivity contribution in [1.29, 1.82) is 0 Å². The van der Waals surface area contributed by atoms with Gasteiger partial charge in [-0.1, -0.05) is 0 Å². The fourth-order valence-electron chi connectivity index (χ4n) is 2.33. The SMILES string of the molecule is NC(=O)C1CCN(c2cc(NC3CC3)nc(N)n2)C1.O=CO. The van der Waals surface area contributed by atoms with Crippen molar-refractivity contribution < 1.29 is 14.7 Å². The third-order valence-electron chi connectivity index (χ3n) is 3.57. The van der Waals surface area contributed by atoms with E-state index in [2.05, 4.69) is 15.3 Å². The summed E-state index contributed by atoms with van der Waals surface area (Å²) in [7, 11) is 0. The Morgan fingerprint density at radius 1 is 1.41 bits per heavy atom. The van der Waals surface area contributed by atoms with Gasteiger partial charge in [-0.3, -0.25) is 9.59 Å². The topological polar surface area (TPSA) is 147 Å². The minimum Gasteiger partial charge on any atom is -0.483 e. The lowest BCUT2D eigenvalue weighted by Crippen LogP contribution is -2.28. The van der Waals surface area contributed by atoms with Gasteiger partial charge in [-0.25, -0.2) is 0 Å². The zero-order valence-corrected chi connectivity index (χ0v) is 12.1. The lowest BCUT2D eigenvalue weighted by atomic mass is 10.1. The number of carboxylic acid groups (broad SMARTS) is 1. The molecule has 1 aliphatic carbocycles. The minimum absolute atomic E-state index is 0.101. The number of nitrogens with one attached hydrogen (secondary N) is 1. The number of hydrogen-bond acceptors (Lipinski definition) is 7. The van der Waals surface area contributed by atoms with Crippen molar-refractivity contribution in [3.05, 3.63) is 6.07 Å². The first-order valence-corrected chi connectivity index (χ1v) is 7.06. The summed E-state index contributed by atoms with van der Waals surface area (Å²) in [5.74, 6) is 1.42. The van der Waals surface area contributed by atoms with Crippen LogP contribution in [-0.2, 0) is 9.59 Å². The quantitative estimate of drug-likeness (QED) is 0.551. The number of carbonyl (C=O) groups excluding carboxylic acids is 1. The number of amides is 1. The van der Waals surface area contributed by atoms with Crippen LogP contribution in [0.3, 0.4) is 0 Å². The Bertz CT molecular complexity index is 549. The van der Waals surface area contributed by atoms with Crippen molar-refractivity contribution >= 4 is 30.0 Å². The van der Waals surface area contributed by atoms with E-state index >= 15 is 0 Å². The molecule has 0 spiro atoms. The number of nitrogens with zero attached hydrogens (tertiary/aromatic N) is 3. The number of carbonyl (C=O) groups is 2. The molecule has 120 valence electrons. The van der Waals surface area contributed by atoms with Crippen LogP contribution in [0.2, 0.25) is 0 Å². The molecule has 2 aliphatic rings. The fraction of sp³-hybridized carbons (Fsp3) is 0.538. The van der Waals surface area contributed by atoms with Gasteiger partial charge in [-0.2, -0.15) is 9.97 Å². The van der Waals surface area contributed by atoms with Crippen LogP contribution < -0.4 is 21.7 Å². The summed E-state index contributed by atoms with van der Waals surface area (Å²) < 4.78 is 0. The van der Waals surface area contributed by atoms with Crippen molar-refractivity contribution in [3.8, 4) is 0 Å².